The topological polar surface area (TPSA) is 51.8 Å². The second kappa shape index (κ2) is 4.10. The number of hydrogen-bond acceptors (Lipinski definition) is 3. The van der Waals surface area contributed by atoms with Crippen molar-refractivity contribution in [3.05, 3.63) is 40.5 Å². The Kier molecular flexibility index (Phi) is 2.79. The molecule has 3 nitrogen and oxygen atoms in total. The van der Waals surface area contributed by atoms with Gasteiger partial charge in [-0.1, -0.05) is 23.7 Å². The van der Waals surface area contributed by atoms with Gasteiger partial charge in [0.2, 0.25) is 0 Å². The Morgan fingerprint density at radius 3 is 2.56 bits per heavy atom. The van der Waals surface area contributed by atoms with Crippen molar-refractivity contribution in [2.75, 3.05) is 5.73 Å². The van der Waals surface area contributed by atoms with Crippen LogP contribution in [0.1, 0.15) is 11.3 Å². The number of aromatic nitrogens is 2. The van der Waals surface area contributed by atoms with Gasteiger partial charge in [-0.2, -0.15) is 0 Å². The first-order valence-corrected chi connectivity index (χ1v) is 5.32. The molecule has 1 aromatic carbocycles. The van der Waals surface area contributed by atoms with Gasteiger partial charge >= 0.3 is 0 Å². The second-order valence-corrected chi connectivity index (χ2v) is 4.09. The van der Waals surface area contributed by atoms with E-state index in [-0.39, 0.29) is 0 Å². The van der Waals surface area contributed by atoms with Crippen molar-refractivity contribution >= 4 is 17.4 Å². The predicted molar refractivity (Wildman–Crippen MR) is 66.4 cm³/mol. The van der Waals surface area contributed by atoms with Crippen LogP contribution in [-0.2, 0) is 0 Å². The Balaban J connectivity index is 2.57. The minimum absolute atomic E-state index is 0.516. The Bertz CT molecular complexity index is 515. The molecule has 0 spiro atoms. The zero-order chi connectivity index (χ0) is 11.7. The van der Waals surface area contributed by atoms with Gasteiger partial charge in [0.05, 0.1) is 0 Å². The monoisotopic (exact) mass is 233 g/mol. The van der Waals surface area contributed by atoms with Crippen LogP contribution in [0.3, 0.4) is 0 Å². The van der Waals surface area contributed by atoms with Gasteiger partial charge in [0, 0.05) is 21.8 Å². The molecular weight excluding hydrogens is 222 g/mol. The summed E-state index contributed by atoms with van der Waals surface area (Å²) in [5, 5.41) is 0.665. The zero-order valence-electron chi connectivity index (χ0n) is 9.16. The quantitative estimate of drug-likeness (QED) is 0.824. The molecule has 0 saturated heterocycles. The standard InChI is InChI=1S/C12H12ClN3/c1-7-8(2)15-12(16-11(7)14)9-4-3-5-10(13)6-9/h3-6H,1-2H3,(H2,14,15,16). The Morgan fingerprint density at radius 2 is 1.94 bits per heavy atom. The molecule has 0 amide bonds. The molecule has 82 valence electrons. The molecule has 0 unspecified atom stereocenters. The first-order chi connectivity index (χ1) is 7.58. The fourth-order valence-corrected chi connectivity index (χ4v) is 1.60. The van der Waals surface area contributed by atoms with Gasteiger partial charge in [-0.3, -0.25) is 0 Å². The van der Waals surface area contributed by atoms with E-state index >= 15 is 0 Å². The lowest BCUT2D eigenvalue weighted by molar-refractivity contribution is 1.08. The molecule has 1 heterocycles. The molecule has 16 heavy (non-hydrogen) atoms. The number of nitrogens with two attached hydrogens (primary N) is 1. The number of anilines is 1. The average molecular weight is 234 g/mol. The molecule has 0 aliphatic carbocycles. The molecule has 2 N–H and O–H groups in total. The van der Waals surface area contributed by atoms with Crippen LogP contribution in [0, 0.1) is 13.8 Å². The normalized spacial score (nSPS) is 10.4. The van der Waals surface area contributed by atoms with Gasteiger partial charge < -0.3 is 5.73 Å². The molecule has 2 aromatic rings. The third-order valence-corrected chi connectivity index (χ3v) is 2.74. The van der Waals surface area contributed by atoms with E-state index < -0.39 is 0 Å². The molecule has 0 aliphatic heterocycles. The van der Waals surface area contributed by atoms with Crippen molar-refractivity contribution in [2.45, 2.75) is 13.8 Å². The molecule has 0 bridgehead atoms. The molecule has 0 radical (unpaired) electrons. The highest BCUT2D eigenvalue weighted by Crippen LogP contribution is 2.22. The molecule has 4 heteroatoms. The summed E-state index contributed by atoms with van der Waals surface area (Å²) in [7, 11) is 0. The SMILES string of the molecule is Cc1nc(-c2cccc(Cl)c2)nc(N)c1C. The van der Waals surface area contributed by atoms with E-state index in [1.54, 1.807) is 0 Å². The summed E-state index contributed by atoms with van der Waals surface area (Å²) in [5.41, 5.74) is 8.50. The molecular formula is C12H12ClN3. The van der Waals surface area contributed by atoms with E-state index in [0.717, 1.165) is 16.8 Å². The van der Waals surface area contributed by atoms with E-state index in [1.165, 1.54) is 0 Å². The molecule has 1 aromatic heterocycles. The minimum atomic E-state index is 0.516. The average Bonchev–Trinajstić information content (AvgIpc) is 2.25. The van der Waals surface area contributed by atoms with Crippen LogP contribution in [0.15, 0.2) is 24.3 Å². The first kappa shape index (κ1) is 10.9. The van der Waals surface area contributed by atoms with Crippen molar-refractivity contribution in [3.8, 4) is 11.4 Å². The first-order valence-electron chi connectivity index (χ1n) is 4.94. The Morgan fingerprint density at radius 1 is 1.19 bits per heavy atom. The van der Waals surface area contributed by atoms with Crippen LogP contribution in [0.25, 0.3) is 11.4 Å². The zero-order valence-corrected chi connectivity index (χ0v) is 9.92. The summed E-state index contributed by atoms with van der Waals surface area (Å²) >= 11 is 5.92. The van der Waals surface area contributed by atoms with Crippen molar-refractivity contribution in [2.24, 2.45) is 0 Å². The van der Waals surface area contributed by atoms with Gasteiger partial charge in [-0.15, -0.1) is 0 Å². The predicted octanol–water partition coefficient (Wildman–Crippen LogP) is 3.00. The number of rotatable bonds is 1. The minimum Gasteiger partial charge on any atom is -0.383 e. The number of benzene rings is 1. The van der Waals surface area contributed by atoms with Crippen LogP contribution < -0.4 is 5.73 Å². The summed E-state index contributed by atoms with van der Waals surface area (Å²) < 4.78 is 0. The van der Waals surface area contributed by atoms with Crippen LogP contribution in [0.5, 0.6) is 0 Å². The molecule has 2 rings (SSSR count). The number of hydrogen-bond donors (Lipinski definition) is 1. The Hall–Kier alpha value is -1.61. The van der Waals surface area contributed by atoms with Crippen molar-refractivity contribution in [3.63, 3.8) is 0 Å². The van der Waals surface area contributed by atoms with Crippen LogP contribution in [-0.4, -0.2) is 9.97 Å². The lowest BCUT2D eigenvalue weighted by Gasteiger charge is -2.06. The van der Waals surface area contributed by atoms with Crippen LogP contribution >= 0.6 is 11.6 Å². The number of halogens is 1. The summed E-state index contributed by atoms with van der Waals surface area (Å²) in [6, 6.07) is 7.42. The van der Waals surface area contributed by atoms with Crippen molar-refractivity contribution < 1.29 is 0 Å². The number of nitrogens with zero attached hydrogens (tertiary/aromatic N) is 2. The van der Waals surface area contributed by atoms with E-state index in [1.807, 2.05) is 38.1 Å². The highest BCUT2D eigenvalue weighted by atomic mass is 35.5. The summed E-state index contributed by atoms with van der Waals surface area (Å²) in [6.45, 7) is 3.83. The van der Waals surface area contributed by atoms with Crippen LogP contribution in [0.4, 0.5) is 5.82 Å². The maximum atomic E-state index is 5.92. The number of aryl methyl sites for hydroxylation is 1. The van der Waals surface area contributed by atoms with Gasteiger partial charge in [0.25, 0.3) is 0 Å². The van der Waals surface area contributed by atoms with Gasteiger partial charge in [0.1, 0.15) is 5.82 Å². The maximum absolute atomic E-state index is 5.92. The summed E-state index contributed by atoms with van der Waals surface area (Å²) in [6.07, 6.45) is 0. The Labute approximate surface area is 99.3 Å². The molecule has 0 fully saturated rings. The highest BCUT2D eigenvalue weighted by molar-refractivity contribution is 6.30. The van der Waals surface area contributed by atoms with Gasteiger partial charge in [0.15, 0.2) is 5.82 Å². The fourth-order valence-electron chi connectivity index (χ4n) is 1.41. The third-order valence-electron chi connectivity index (χ3n) is 2.51. The van der Waals surface area contributed by atoms with Crippen molar-refractivity contribution in [1.29, 1.82) is 0 Å². The highest BCUT2D eigenvalue weighted by Gasteiger charge is 2.07. The maximum Gasteiger partial charge on any atom is 0.161 e. The van der Waals surface area contributed by atoms with E-state index in [4.69, 9.17) is 17.3 Å². The lowest BCUT2D eigenvalue weighted by Crippen LogP contribution is -2.01. The molecule has 0 aliphatic rings. The largest absolute Gasteiger partial charge is 0.383 e. The van der Waals surface area contributed by atoms with E-state index in [2.05, 4.69) is 9.97 Å². The molecule has 0 atom stereocenters. The smallest absolute Gasteiger partial charge is 0.161 e. The van der Waals surface area contributed by atoms with Crippen molar-refractivity contribution in [1.82, 2.24) is 9.97 Å². The molecule has 0 saturated carbocycles. The number of nitrogen functional groups attached to an aromatic ring is 1. The van der Waals surface area contributed by atoms with E-state index in [0.29, 0.717) is 16.7 Å². The summed E-state index contributed by atoms with van der Waals surface area (Å²) in [4.78, 5) is 8.65. The second-order valence-electron chi connectivity index (χ2n) is 3.65. The van der Waals surface area contributed by atoms with Gasteiger partial charge in [-0.25, -0.2) is 9.97 Å². The fraction of sp³-hybridized carbons (Fsp3) is 0.167. The van der Waals surface area contributed by atoms with E-state index in [9.17, 15) is 0 Å². The third kappa shape index (κ3) is 1.99. The van der Waals surface area contributed by atoms with Crippen LogP contribution in [0.2, 0.25) is 5.02 Å². The summed E-state index contributed by atoms with van der Waals surface area (Å²) in [5.74, 6) is 1.13. The lowest BCUT2D eigenvalue weighted by atomic mass is 10.2. The van der Waals surface area contributed by atoms with Gasteiger partial charge in [-0.05, 0) is 26.0 Å².